The third-order valence-corrected chi connectivity index (χ3v) is 4.92. The maximum atomic E-state index is 4.54. The van der Waals surface area contributed by atoms with Crippen molar-refractivity contribution in [2.24, 2.45) is 0 Å². The normalized spacial score (nSPS) is 11.5. The highest BCUT2D eigenvalue weighted by atomic mass is 15.1. The number of aromatic nitrogens is 2. The molecule has 26 heavy (non-hydrogen) atoms. The molecule has 0 aliphatic heterocycles. The van der Waals surface area contributed by atoms with E-state index in [9.17, 15) is 0 Å². The van der Waals surface area contributed by atoms with Gasteiger partial charge in [-0.15, -0.1) is 0 Å². The van der Waals surface area contributed by atoms with Crippen LogP contribution in [-0.2, 0) is 5.54 Å². The summed E-state index contributed by atoms with van der Waals surface area (Å²) in [6.07, 6.45) is 4.07. The van der Waals surface area contributed by atoms with Crippen LogP contribution in [0.4, 0.5) is 0 Å². The van der Waals surface area contributed by atoms with Crippen LogP contribution < -0.4 is 0 Å². The Labute approximate surface area is 154 Å². The summed E-state index contributed by atoms with van der Waals surface area (Å²) in [5.74, 6) is 0. The Morgan fingerprint density at radius 1 is 0.692 bits per heavy atom. The van der Waals surface area contributed by atoms with Crippen molar-refractivity contribution < 1.29 is 0 Å². The second-order valence-electron chi connectivity index (χ2n) is 6.73. The highest BCUT2D eigenvalue weighted by Crippen LogP contribution is 2.41. The van der Waals surface area contributed by atoms with Gasteiger partial charge >= 0.3 is 0 Å². The van der Waals surface area contributed by atoms with Crippen LogP contribution in [0.25, 0.3) is 0 Å². The van der Waals surface area contributed by atoms with E-state index in [1.165, 1.54) is 22.3 Å². The van der Waals surface area contributed by atoms with Crippen LogP contribution in [0.1, 0.15) is 27.9 Å². The molecule has 0 amide bonds. The molecule has 4 aromatic rings. The van der Waals surface area contributed by atoms with Crippen LogP contribution in [0.2, 0.25) is 0 Å². The topological polar surface area (TPSA) is 17.8 Å². The fraction of sp³-hybridized carbons (Fsp3) is 0.125. The van der Waals surface area contributed by atoms with E-state index >= 15 is 0 Å². The molecule has 0 aliphatic rings. The van der Waals surface area contributed by atoms with Crippen molar-refractivity contribution in [3.8, 4) is 0 Å². The minimum Gasteiger partial charge on any atom is -0.319 e. The van der Waals surface area contributed by atoms with Gasteiger partial charge in [-0.3, -0.25) is 0 Å². The lowest BCUT2D eigenvalue weighted by atomic mass is 9.76. The molecule has 0 atom stereocenters. The molecule has 3 aromatic carbocycles. The summed E-state index contributed by atoms with van der Waals surface area (Å²) in [5, 5.41) is 0. The summed E-state index contributed by atoms with van der Waals surface area (Å²) < 4.78 is 2.24. The molecule has 0 N–H and O–H groups in total. The van der Waals surface area contributed by atoms with E-state index in [2.05, 4.69) is 108 Å². The lowest BCUT2D eigenvalue weighted by Gasteiger charge is -2.37. The van der Waals surface area contributed by atoms with Gasteiger partial charge in [0.1, 0.15) is 5.54 Å². The Morgan fingerprint density at radius 2 is 1.27 bits per heavy atom. The minimum atomic E-state index is -0.462. The van der Waals surface area contributed by atoms with Gasteiger partial charge in [0.2, 0.25) is 0 Å². The molecule has 2 nitrogen and oxygen atoms in total. The first kappa shape index (κ1) is 16.3. The summed E-state index contributed by atoms with van der Waals surface area (Å²) >= 11 is 0. The standard InChI is InChI=1S/C24H22N2/c1-19-10-9-15-23(16-19)24(21-11-5-3-6-12-21,22-13-7-4-8-14-22)26-17-20(2)25-18-26/h3-18H,1-2H3. The van der Waals surface area contributed by atoms with Gasteiger partial charge in [-0.2, -0.15) is 0 Å². The van der Waals surface area contributed by atoms with Crippen LogP contribution in [0.3, 0.4) is 0 Å². The molecular formula is C24H22N2. The van der Waals surface area contributed by atoms with Gasteiger partial charge in [-0.1, -0.05) is 90.5 Å². The van der Waals surface area contributed by atoms with E-state index in [-0.39, 0.29) is 0 Å². The van der Waals surface area contributed by atoms with Gasteiger partial charge in [0.25, 0.3) is 0 Å². The Morgan fingerprint density at radius 3 is 1.77 bits per heavy atom. The first-order valence-electron chi connectivity index (χ1n) is 8.90. The molecule has 4 rings (SSSR count). The molecule has 0 aliphatic carbocycles. The van der Waals surface area contributed by atoms with Gasteiger partial charge in [0.15, 0.2) is 0 Å². The Balaban J connectivity index is 2.14. The van der Waals surface area contributed by atoms with E-state index in [1.807, 2.05) is 13.3 Å². The summed E-state index contributed by atoms with van der Waals surface area (Å²) in [6, 6.07) is 30.1. The van der Waals surface area contributed by atoms with Gasteiger partial charge in [0, 0.05) is 6.20 Å². The van der Waals surface area contributed by atoms with Crippen molar-refractivity contribution in [1.29, 1.82) is 0 Å². The van der Waals surface area contributed by atoms with Crippen LogP contribution in [0, 0.1) is 13.8 Å². The monoisotopic (exact) mass is 338 g/mol. The zero-order valence-electron chi connectivity index (χ0n) is 15.1. The first-order chi connectivity index (χ1) is 12.7. The molecule has 0 saturated carbocycles. The van der Waals surface area contributed by atoms with Crippen molar-refractivity contribution in [2.75, 3.05) is 0 Å². The average Bonchev–Trinajstić information content (AvgIpc) is 3.11. The molecule has 1 aromatic heterocycles. The SMILES string of the molecule is Cc1cccc(C(c2ccccc2)(c2ccccc2)n2cnc(C)c2)c1. The maximum Gasteiger partial charge on any atom is 0.121 e. The van der Waals surface area contributed by atoms with Crippen molar-refractivity contribution in [3.63, 3.8) is 0 Å². The highest BCUT2D eigenvalue weighted by Gasteiger charge is 2.38. The number of nitrogens with zero attached hydrogens (tertiary/aromatic N) is 2. The van der Waals surface area contributed by atoms with E-state index in [0.29, 0.717) is 0 Å². The van der Waals surface area contributed by atoms with Crippen molar-refractivity contribution in [1.82, 2.24) is 9.55 Å². The third-order valence-electron chi connectivity index (χ3n) is 4.92. The van der Waals surface area contributed by atoms with E-state index < -0.39 is 5.54 Å². The van der Waals surface area contributed by atoms with Crippen molar-refractivity contribution in [2.45, 2.75) is 19.4 Å². The lowest BCUT2D eigenvalue weighted by Crippen LogP contribution is -2.37. The van der Waals surface area contributed by atoms with E-state index in [4.69, 9.17) is 0 Å². The Bertz CT molecular complexity index is 961. The van der Waals surface area contributed by atoms with Gasteiger partial charge in [0.05, 0.1) is 12.0 Å². The number of rotatable bonds is 4. The lowest BCUT2D eigenvalue weighted by molar-refractivity contribution is 0.514. The van der Waals surface area contributed by atoms with Gasteiger partial charge in [-0.25, -0.2) is 4.98 Å². The maximum absolute atomic E-state index is 4.54. The second-order valence-corrected chi connectivity index (χ2v) is 6.73. The zero-order valence-corrected chi connectivity index (χ0v) is 15.1. The van der Waals surface area contributed by atoms with Crippen molar-refractivity contribution in [3.05, 3.63) is 125 Å². The number of benzene rings is 3. The highest BCUT2D eigenvalue weighted by molar-refractivity contribution is 5.51. The largest absolute Gasteiger partial charge is 0.319 e. The Kier molecular flexibility index (Phi) is 4.18. The second kappa shape index (κ2) is 6.64. The molecule has 0 bridgehead atoms. The van der Waals surface area contributed by atoms with E-state index in [1.54, 1.807) is 0 Å². The molecular weight excluding hydrogens is 316 g/mol. The summed E-state index contributed by atoms with van der Waals surface area (Å²) in [4.78, 5) is 4.54. The van der Waals surface area contributed by atoms with E-state index in [0.717, 1.165) is 5.69 Å². The summed E-state index contributed by atoms with van der Waals surface area (Å²) in [7, 11) is 0. The molecule has 0 saturated heterocycles. The predicted molar refractivity (Wildman–Crippen MR) is 106 cm³/mol. The first-order valence-corrected chi connectivity index (χ1v) is 8.90. The smallest absolute Gasteiger partial charge is 0.121 e. The quantitative estimate of drug-likeness (QED) is 0.459. The van der Waals surface area contributed by atoms with Gasteiger partial charge in [-0.05, 0) is 30.5 Å². The molecule has 0 radical (unpaired) electrons. The molecule has 1 heterocycles. The van der Waals surface area contributed by atoms with Gasteiger partial charge < -0.3 is 4.57 Å². The van der Waals surface area contributed by atoms with Crippen LogP contribution >= 0.6 is 0 Å². The Hall–Kier alpha value is -3.13. The zero-order chi connectivity index (χ0) is 18.0. The number of hydrogen-bond acceptors (Lipinski definition) is 1. The summed E-state index contributed by atoms with van der Waals surface area (Å²) in [5.41, 5.74) is 5.45. The van der Waals surface area contributed by atoms with Crippen LogP contribution in [0.15, 0.2) is 97.5 Å². The minimum absolute atomic E-state index is 0.462. The summed E-state index contributed by atoms with van der Waals surface area (Å²) in [6.45, 7) is 4.18. The molecule has 0 unspecified atom stereocenters. The van der Waals surface area contributed by atoms with Crippen LogP contribution in [0.5, 0.6) is 0 Å². The molecule has 0 fully saturated rings. The molecule has 0 spiro atoms. The number of hydrogen-bond donors (Lipinski definition) is 0. The fourth-order valence-corrected chi connectivity index (χ4v) is 3.78. The van der Waals surface area contributed by atoms with Crippen molar-refractivity contribution >= 4 is 0 Å². The predicted octanol–water partition coefficient (Wildman–Crippen LogP) is 5.34. The molecule has 2 heteroatoms. The third kappa shape index (κ3) is 2.64. The number of imidazole rings is 1. The molecule has 128 valence electrons. The fourth-order valence-electron chi connectivity index (χ4n) is 3.78. The number of aryl methyl sites for hydroxylation is 2. The average molecular weight is 338 g/mol. The van der Waals surface area contributed by atoms with Crippen LogP contribution in [-0.4, -0.2) is 9.55 Å².